The molecule has 1 aliphatic heterocycles. The van der Waals surface area contributed by atoms with E-state index in [9.17, 15) is 4.79 Å². The summed E-state index contributed by atoms with van der Waals surface area (Å²) >= 11 is 1.21. The Morgan fingerprint density at radius 1 is 1.16 bits per heavy atom. The van der Waals surface area contributed by atoms with Crippen molar-refractivity contribution in [2.75, 3.05) is 18.0 Å². The number of nitrogen functional groups attached to an aromatic ring is 1. The van der Waals surface area contributed by atoms with Gasteiger partial charge in [0, 0.05) is 11.8 Å². The maximum Gasteiger partial charge on any atom is 0.237 e. The average molecular weight is 456 g/mol. The van der Waals surface area contributed by atoms with Crippen molar-refractivity contribution in [2.45, 2.75) is 43.7 Å². The second-order valence-corrected chi connectivity index (χ2v) is 8.91. The number of nitrogens with zero attached hydrogens (tertiary/aromatic N) is 3. The molecule has 0 saturated heterocycles. The molecule has 0 saturated carbocycles. The van der Waals surface area contributed by atoms with Gasteiger partial charge in [-0.25, -0.2) is 4.68 Å². The van der Waals surface area contributed by atoms with E-state index in [1.807, 2.05) is 24.3 Å². The zero-order chi connectivity index (χ0) is 22.7. The van der Waals surface area contributed by atoms with Crippen LogP contribution in [0.4, 0.5) is 5.69 Å². The fourth-order valence-corrected chi connectivity index (χ4v) is 3.80. The number of nitrogens with two attached hydrogens (primary N) is 1. The van der Waals surface area contributed by atoms with Crippen molar-refractivity contribution >= 4 is 23.4 Å². The molecule has 2 heterocycles. The van der Waals surface area contributed by atoms with E-state index in [0.717, 1.165) is 5.75 Å². The fraction of sp³-hybridized carbons (Fsp3) is 0.318. The summed E-state index contributed by atoms with van der Waals surface area (Å²) in [4.78, 5) is 12.6. The monoisotopic (exact) mass is 455 g/mol. The summed E-state index contributed by atoms with van der Waals surface area (Å²) in [7, 11) is 0. The van der Waals surface area contributed by atoms with Gasteiger partial charge in [-0.2, -0.15) is 0 Å². The molecular formula is C22H25N5O4S. The van der Waals surface area contributed by atoms with E-state index in [4.69, 9.17) is 20.1 Å². The zero-order valence-corrected chi connectivity index (χ0v) is 18.9. The van der Waals surface area contributed by atoms with Crippen LogP contribution in [0, 0.1) is 0 Å². The molecule has 1 unspecified atom stereocenters. The maximum atomic E-state index is 12.6. The standard InChI is InChI=1S/C22H25N5O4S/c1-13(2)15-4-7-17(8-5-15)29-11-20-25-26-22(27(20)23)32-14(3)21(28)24-16-6-9-18-19(10-16)31-12-30-18/h4-10,13-14H,11-12,23H2,1-3H3,(H,24,28). The van der Waals surface area contributed by atoms with Gasteiger partial charge in [0.2, 0.25) is 17.9 Å². The van der Waals surface area contributed by atoms with E-state index in [0.29, 0.717) is 34.1 Å². The largest absolute Gasteiger partial charge is 0.486 e. The number of carbonyl (C=O) groups is 1. The van der Waals surface area contributed by atoms with Crippen LogP contribution in [0.15, 0.2) is 47.6 Å². The van der Waals surface area contributed by atoms with Gasteiger partial charge in [-0.1, -0.05) is 37.7 Å². The molecule has 9 nitrogen and oxygen atoms in total. The summed E-state index contributed by atoms with van der Waals surface area (Å²) < 4.78 is 17.7. The van der Waals surface area contributed by atoms with Crippen molar-refractivity contribution in [1.29, 1.82) is 0 Å². The number of nitrogens with one attached hydrogen (secondary N) is 1. The minimum Gasteiger partial charge on any atom is -0.486 e. The van der Waals surface area contributed by atoms with Crippen LogP contribution < -0.4 is 25.4 Å². The first-order valence-electron chi connectivity index (χ1n) is 10.2. The lowest BCUT2D eigenvalue weighted by Crippen LogP contribution is -2.24. The first-order valence-corrected chi connectivity index (χ1v) is 11.1. The number of benzene rings is 2. The van der Waals surface area contributed by atoms with Gasteiger partial charge < -0.3 is 25.4 Å². The molecule has 32 heavy (non-hydrogen) atoms. The van der Waals surface area contributed by atoms with Gasteiger partial charge in [0.1, 0.15) is 12.4 Å². The Morgan fingerprint density at radius 2 is 1.91 bits per heavy atom. The third kappa shape index (κ3) is 4.91. The van der Waals surface area contributed by atoms with Crippen molar-refractivity contribution in [3.63, 3.8) is 0 Å². The minimum absolute atomic E-state index is 0.170. The number of hydrogen-bond acceptors (Lipinski definition) is 8. The molecule has 2 aromatic carbocycles. The lowest BCUT2D eigenvalue weighted by atomic mass is 10.0. The van der Waals surface area contributed by atoms with Gasteiger partial charge in [-0.3, -0.25) is 4.79 Å². The van der Waals surface area contributed by atoms with E-state index in [-0.39, 0.29) is 19.3 Å². The highest BCUT2D eigenvalue weighted by Gasteiger charge is 2.21. The molecule has 1 amide bonds. The quantitative estimate of drug-likeness (QED) is 0.392. The molecule has 1 aromatic heterocycles. The molecular weight excluding hydrogens is 430 g/mol. The first-order chi connectivity index (χ1) is 15.4. The summed E-state index contributed by atoms with van der Waals surface area (Å²) in [5.41, 5.74) is 1.87. The number of aromatic nitrogens is 3. The van der Waals surface area contributed by atoms with Gasteiger partial charge in [0.25, 0.3) is 0 Å². The van der Waals surface area contributed by atoms with Crippen molar-refractivity contribution in [2.24, 2.45) is 0 Å². The van der Waals surface area contributed by atoms with Gasteiger partial charge >= 0.3 is 0 Å². The van der Waals surface area contributed by atoms with Crippen LogP contribution in [0.2, 0.25) is 0 Å². The molecule has 3 aromatic rings. The SMILES string of the molecule is CC(Sc1nnc(COc2ccc(C(C)C)cc2)n1N)C(=O)Nc1ccc2c(c1)OCO2. The molecule has 0 spiro atoms. The fourth-order valence-electron chi connectivity index (χ4n) is 3.01. The van der Waals surface area contributed by atoms with Crippen molar-refractivity contribution in [1.82, 2.24) is 14.9 Å². The summed E-state index contributed by atoms with van der Waals surface area (Å²) in [5.74, 6) is 8.84. The molecule has 1 aliphatic rings. The van der Waals surface area contributed by atoms with Gasteiger partial charge in [-0.05, 0) is 42.7 Å². The van der Waals surface area contributed by atoms with Crippen LogP contribution >= 0.6 is 11.8 Å². The third-order valence-electron chi connectivity index (χ3n) is 4.94. The minimum atomic E-state index is -0.454. The number of thioether (sulfide) groups is 1. The number of carbonyl (C=O) groups excluding carboxylic acids is 1. The Morgan fingerprint density at radius 3 is 2.66 bits per heavy atom. The van der Waals surface area contributed by atoms with E-state index in [2.05, 4.69) is 29.4 Å². The second kappa shape index (κ2) is 9.39. The Bertz CT molecular complexity index is 1100. The highest BCUT2D eigenvalue weighted by molar-refractivity contribution is 8.00. The summed E-state index contributed by atoms with van der Waals surface area (Å²) in [6.45, 7) is 6.40. The predicted octanol–water partition coefficient (Wildman–Crippen LogP) is 3.54. The molecule has 3 N–H and O–H groups in total. The van der Waals surface area contributed by atoms with Gasteiger partial charge in [0.05, 0.1) is 5.25 Å². The van der Waals surface area contributed by atoms with Crippen molar-refractivity contribution in [3.05, 3.63) is 53.9 Å². The zero-order valence-electron chi connectivity index (χ0n) is 18.1. The number of rotatable bonds is 8. The molecule has 1 atom stereocenters. The summed E-state index contributed by atoms with van der Waals surface area (Å²) in [6.07, 6.45) is 0. The van der Waals surface area contributed by atoms with Gasteiger partial charge in [0.15, 0.2) is 17.3 Å². The number of hydrogen-bond donors (Lipinski definition) is 2. The van der Waals surface area contributed by atoms with Crippen molar-refractivity contribution < 1.29 is 19.0 Å². The highest BCUT2D eigenvalue weighted by atomic mass is 32.2. The molecule has 10 heteroatoms. The van der Waals surface area contributed by atoms with E-state index in [1.165, 1.54) is 22.0 Å². The third-order valence-corrected chi connectivity index (χ3v) is 6.00. The maximum absolute atomic E-state index is 12.6. The molecule has 168 valence electrons. The average Bonchev–Trinajstić information content (AvgIpc) is 3.39. The van der Waals surface area contributed by atoms with E-state index >= 15 is 0 Å². The highest BCUT2D eigenvalue weighted by Crippen LogP contribution is 2.34. The van der Waals surface area contributed by atoms with Crippen LogP contribution in [-0.2, 0) is 11.4 Å². The smallest absolute Gasteiger partial charge is 0.237 e. The molecule has 4 rings (SSSR count). The van der Waals surface area contributed by atoms with E-state index < -0.39 is 5.25 Å². The number of anilines is 1. The lowest BCUT2D eigenvalue weighted by Gasteiger charge is -2.12. The molecule has 0 fully saturated rings. The van der Waals surface area contributed by atoms with E-state index in [1.54, 1.807) is 25.1 Å². The normalized spacial score (nSPS) is 13.2. The second-order valence-electron chi connectivity index (χ2n) is 7.60. The number of fused-ring (bicyclic) bond motifs is 1. The first kappa shape index (κ1) is 21.8. The number of ether oxygens (including phenoxy) is 3. The Kier molecular flexibility index (Phi) is 6.40. The molecule has 0 bridgehead atoms. The lowest BCUT2D eigenvalue weighted by molar-refractivity contribution is -0.115. The van der Waals surface area contributed by atoms with Crippen LogP contribution in [-0.4, -0.2) is 32.8 Å². The molecule has 0 radical (unpaired) electrons. The predicted molar refractivity (Wildman–Crippen MR) is 122 cm³/mol. The van der Waals surface area contributed by atoms with Crippen LogP contribution in [0.5, 0.6) is 17.2 Å². The Balaban J connectivity index is 1.32. The Hall–Kier alpha value is -3.40. The van der Waals surface area contributed by atoms with Crippen molar-refractivity contribution in [3.8, 4) is 17.2 Å². The van der Waals surface area contributed by atoms with Crippen LogP contribution in [0.3, 0.4) is 0 Å². The summed E-state index contributed by atoms with van der Waals surface area (Å²) in [5, 5.41) is 11.0. The Labute approximate surface area is 190 Å². The summed E-state index contributed by atoms with van der Waals surface area (Å²) in [6, 6.07) is 13.2. The van der Waals surface area contributed by atoms with Gasteiger partial charge in [-0.15, -0.1) is 10.2 Å². The number of amides is 1. The van der Waals surface area contributed by atoms with Crippen LogP contribution in [0.1, 0.15) is 38.1 Å². The van der Waals surface area contributed by atoms with Crippen LogP contribution in [0.25, 0.3) is 0 Å². The topological polar surface area (TPSA) is 114 Å². The molecule has 0 aliphatic carbocycles.